The van der Waals surface area contributed by atoms with Gasteiger partial charge in [-0.3, -0.25) is 4.79 Å². The Bertz CT molecular complexity index is 1050. The van der Waals surface area contributed by atoms with Crippen LogP contribution in [-0.4, -0.2) is 28.4 Å². The Morgan fingerprint density at radius 3 is 2.87 bits per heavy atom. The average molecular weight is 416 g/mol. The highest BCUT2D eigenvalue weighted by Gasteiger charge is 2.39. The first-order valence-electron chi connectivity index (χ1n) is 11.4. The van der Waals surface area contributed by atoms with Crippen molar-refractivity contribution in [2.45, 2.75) is 57.6 Å². The third kappa shape index (κ3) is 3.87. The molecule has 0 spiro atoms. The van der Waals surface area contributed by atoms with Crippen molar-refractivity contribution in [2.24, 2.45) is 0 Å². The monoisotopic (exact) mass is 415 g/mol. The van der Waals surface area contributed by atoms with Crippen LogP contribution in [0.1, 0.15) is 61.8 Å². The van der Waals surface area contributed by atoms with E-state index in [-0.39, 0.29) is 17.6 Å². The van der Waals surface area contributed by atoms with Gasteiger partial charge in [-0.25, -0.2) is 0 Å². The van der Waals surface area contributed by atoms with E-state index in [9.17, 15) is 9.90 Å². The number of hydrogen-bond donors (Lipinski definition) is 1. The molecule has 2 aromatic rings. The number of nitrogens with zero attached hydrogens (tertiary/aromatic N) is 1. The van der Waals surface area contributed by atoms with Crippen LogP contribution in [0.2, 0.25) is 0 Å². The number of carbonyl (C=O) groups is 1. The van der Waals surface area contributed by atoms with E-state index in [2.05, 4.69) is 54.3 Å². The standard InChI is InChI=1S/C27H29NO3/c1-18(7-5-10-19-8-3-2-4-9-19)31-21-12-13-22-23(17-21)27-25(15-20(29)16-26(27)30)28-14-6-11-24(22)28/h2-4,8-9,12-13,16-18,24,30H,5-7,10-11,14-15H2,1H3. The smallest absolute Gasteiger partial charge is 0.165 e. The van der Waals surface area contributed by atoms with Crippen molar-refractivity contribution < 1.29 is 14.6 Å². The Kier molecular flexibility index (Phi) is 5.31. The predicted octanol–water partition coefficient (Wildman–Crippen LogP) is 5.75. The Morgan fingerprint density at radius 2 is 2.03 bits per heavy atom. The molecule has 0 radical (unpaired) electrons. The van der Waals surface area contributed by atoms with E-state index < -0.39 is 0 Å². The molecule has 2 heterocycles. The maximum Gasteiger partial charge on any atom is 0.165 e. The Labute approximate surface area is 183 Å². The SMILES string of the molecule is CC(CCCc1ccccc1)Oc1ccc2c(c1)C1=C(CC(=O)C=C1O)N1CCCC21. The Balaban J connectivity index is 1.34. The van der Waals surface area contributed by atoms with Crippen LogP contribution in [0.15, 0.2) is 66.1 Å². The molecule has 4 heteroatoms. The number of aryl methyl sites for hydroxylation is 1. The molecule has 0 saturated carbocycles. The second-order valence-electron chi connectivity index (χ2n) is 8.90. The zero-order chi connectivity index (χ0) is 21.4. The fourth-order valence-electron chi connectivity index (χ4n) is 5.27. The largest absolute Gasteiger partial charge is 0.507 e. The Morgan fingerprint density at radius 1 is 1.19 bits per heavy atom. The summed E-state index contributed by atoms with van der Waals surface area (Å²) < 4.78 is 6.26. The molecule has 1 aliphatic carbocycles. The highest BCUT2D eigenvalue weighted by atomic mass is 16.5. The molecule has 31 heavy (non-hydrogen) atoms. The normalized spacial score (nSPS) is 20.7. The fourth-order valence-corrected chi connectivity index (χ4v) is 5.27. The lowest BCUT2D eigenvalue weighted by molar-refractivity contribution is -0.114. The topological polar surface area (TPSA) is 49.8 Å². The maximum atomic E-state index is 12.1. The van der Waals surface area contributed by atoms with E-state index >= 15 is 0 Å². The van der Waals surface area contributed by atoms with E-state index in [0.29, 0.717) is 12.5 Å². The molecule has 0 amide bonds. The van der Waals surface area contributed by atoms with Gasteiger partial charge in [0.05, 0.1) is 18.6 Å². The van der Waals surface area contributed by atoms with Crippen molar-refractivity contribution in [1.82, 2.24) is 4.90 Å². The highest BCUT2D eigenvalue weighted by molar-refractivity contribution is 6.01. The zero-order valence-corrected chi connectivity index (χ0v) is 18.0. The lowest BCUT2D eigenvalue weighted by Gasteiger charge is -2.38. The number of ketones is 1. The van der Waals surface area contributed by atoms with Gasteiger partial charge in [-0.05, 0) is 67.9 Å². The summed E-state index contributed by atoms with van der Waals surface area (Å²) in [5.41, 5.74) is 5.41. The summed E-state index contributed by atoms with van der Waals surface area (Å²) in [5, 5.41) is 10.7. The lowest BCUT2D eigenvalue weighted by Crippen LogP contribution is -2.31. The van der Waals surface area contributed by atoms with Crippen LogP contribution in [0.25, 0.3) is 5.57 Å². The summed E-state index contributed by atoms with van der Waals surface area (Å²) >= 11 is 0. The number of benzene rings is 2. The van der Waals surface area contributed by atoms with Gasteiger partial charge in [-0.1, -0.05) is 36.4 Å². The van der Waals surface area contributed by atoms with Gasteiger partial charge in [-0.2, -0.15) is 0 Å². The quantitative estimate of drug-likeness (QED) is 0.652. The van der Waals surface area contributed by atoms with Gasteiger partial charge in [0.25, 0.3) is 0 Å². The van der Waals surface area contributed by atoms with E-state index in [1.165, 1.54) is 17.2 Å². The van der Waals surface area contributed by atoms with E-state index in [1.54, 1.807) is 0 Å². The molecule has 0 aromatic heterocycles. The first kappa shape index (κ1) is 19.9. The van der Waals surface area contributed by atoms with Crippen molar-refractivity contribution >= 4 is 11.4 Å². The molecule has 4 nitrogen and oxygen atoms in total. The van der Waals surface area contributed by atoms with Crippen LogP contribution in [0.3, 0.4) is 0 Å². The third-order valence-electron chi connectivity index (χ3n) is 6.69. The first-order chi connectivity index (χ1) is 15.1. The zero-order valence-electron chi connectivity index (χ0n) is 18.0. The number of rotatable bonds is 6. The molecule has 1 fully saturated rings. The van der Waals surface area contributed by atoms with Gasteiger partial charge in [0.1, 0.15) is 11.5 Å². The van der Waals surface area contributed by atoms with Crippen molar-refractivity contribution in [2.75, 3.05) is 6.54 Å². The summed E-state index contributed by atoms with van der Waals surface area (Å²) in [6.07, 6.45) is 7.16. The molecule has 1 N–H and O–H groups in total. The summed E-state index contributed by atoms with van der Waals surface area (Å²) in [6, 6.07) is 17.1. The van der Waals surface area contributed by atoms with E-state index in [1.807, 2.05) is 6.07 Å². The van der Waals surface area contributed by atoms with Crippen LogP contribution in [-0.2, 0) is 11.2 Å². The first-order valence-corrected chi connectivity index (χ1v) is 11.4. The number of allylic oxidation sites excluding steroid dienone is 3. The molecule has 1 saturated heterocycles. The molecule has 5 rings (SSSR count). The summed E-state index contributed by atoms with van der Waals surface area (Å²) in [6.45, 7) is 3.06. The molecule has 3 aliphatic rings. The summed E-state index contributed by atoms with van der Waals surface area (Å²) in [4.78, 5) is 14.4. The molecule has 2 aliphatic heterocycles. The minimum absolute atomic E-state index is 0.0233. The maximum absolute atomic E-state index is 12.1. The van der Waals surface area contributed by atoms with Crippen molar-refractivity contribution in [3.8, 4) is 5.75 Å². The molecule has 2 aromatic carbocycles. The van der Waals surface area contributed by atoms with Crippen molar-refractivity contribution in [1.29, 1.82) is 0 Å². The van der Waals surface area contributed by atoms with Gasteiger partial charge in [0.2, 0.25) is 0 Å². The second kappa shape index (κ2) is 8.26. The highest BCUT2D eigenvalue weighted by Crippen LogP contribution is 2.49. The molecular formula is C27H29NO3. The number of fused-ring (bicyclic) bond motifs is 5. The van der Waals surface area contributed by atoms with Gasteiger partial charge in [0, 0.05) is 23.9 Å². The number of hydrogen-bond acceptors (Lipinski definition) is 4. The van der Waals surface area contributed by atoms with Crippen LogP contribution in [0.4, 0.5) is 0 Å². The molecule has 160 valence electrons. The number of ether oxygens (including phenoxy) is 1. The van der Waals surface area contributed by atoms with Crippen LogP contribution in [0, 0.1) is 0 Å². The lowest BCUT2D eigenvalue weighted by atomic mass is 9.84. The van der Waals surface area contributed by atoms with Crippen molar-refractivity contribution in [3.05, 3.63) is 82.8 Å². The number of aliphatic hydroxyl groups is 1. The summed E-state index contributed by atoms with van der Waals surface area (Å²) in [7, 11) is 0. The van der Waals surface area contributed by atoms with Gasteiger partial charge < -0.3 is 14.7 Å². The van der Waals surface area contributed by atoms with Crippen LogP contribution < -0.4 is 4.74 Å². The minimum Gasteiger partial charge on any atom is -0.507 e. The van der Waals surface area contributed by atoms with E-state index in [4.69, 9.17) is 4.74 Å². The minimum atomic E-state index is -0.0233. The number of aliphatic hydroxyl groups excluding tert-OH is 1. The fraction of sp³-hybridized carbons (Fsp3) is 0.370. The molecular weight excluding hydrogens is 386 g/mol. The van der Waals surface area contributed by atoms with Crippen LogP contribution in [0.5, 0.6) is 5.75 Å². The van der Waals surface area contributed by atoms with Gasteiger partial charge in [-0.15, -0.1) is 0 Å². The molecule has 0 bridgehead atoms. The Hall–Kier alpha value is -3.01. The average Bonchev–Trinajstić information content (AvgIpc) is 3.24. The second-order valence-corrected chi connectivity index (χ2v) is 8.90. The number of carbonyl (C=O) groups excluding carboxylic acids is 1. The molecule has 2 atom stereocenters. The van der Waals surface area contributed by atoms with E-state index in [0.717, 1.165) is 61.2 Å². The van der Waals surface area contributed by atoms with Gasteiger partial charge >= 0.3 is 0 Å². The predicted molar refractivity (Wildman–Crippen MR) is 122 cm³/mol. The molecule has 2 unspecified atom stereocenters. The third-order valence-corrected chi connectivity index (χ3v) is 6.69. The summed E-state index contributed by atoms with van der Waals surface area (Å²) in [5.74, 6) is 0.893. The van der Waals surface area contributed by atoms with Gasteiger partial charge in [0.15, 0.2) is 5.78 Å². The van der Waals surface area contributed by atoms with Crippen molar-refractivity contribution in [3.63, 3.8) is 0 Å². The van der Waals surface area contributed by atoms with Crippen LogP contribution >= 0.6 is 0 Å².